The van der Waals surface area contributed by atoms with E-state index in [1.807, 2.05) is 38.1 Å². The van der Waals surface area contributed by atoms with Crippen molar-refractivity contribution in [1.82, 2.24) is 14.9 Å². The second-order valence-corrected chi connectivity index (χ2v) is 6.63. The van der Waals surface area contributed by atoms with E-state index >= 15 is 0 Å². The Morgan fingerprint density at radius 1 is 1.23 bits per heavy atom. The number of nitrogens with zero attached hydrogens (tertiary/aromatic N) is 2. The lowest BCUT2D eigenvalue weighted by atomic mass is 10.1. The van der Waals surface area contributed by atoms with E-state index in [0.29, 0.717) is 17.0 Å². The summed E-state index contributed by atoms with van der Waals surface area (Å²) in [5, 5.41) is 11.4. The van der Waals surface area contributed by atoms with Crippen molar-refractivity contribution < 1.29 is 4.79 Å². The highest BCUT2D eigenvalue weighted by molar-refractivity contribution is 6.31. The smallest absolute Gasteiger partial charge is 0.255 e. The van der Waals surface area contributed by atoms with E-state index in [-0.39, 0.29) is 11.9 Å². The van der Waals surface area contributed by atoms with E-state index in [1.165, 1.54) is 0 Å². The van der Waals surface area contributed by atoms with Crippen LogP contribution in [0.5, 0.6) is 0 Å². The minimum Gasteiger partial charge on any atom is -0.385 e. The number of benzene rings is 1. The van der Waals surface area contributed by atoms with Gasteiger partial charge in [0.2, 0.25) is 0 Å². The molecule has 0 aliphatic heterocycles. The highest BCUT2D eigenvalue weighted by Gasteiger charge is 2.20. The van der Waals surface area contributed by atoms with Gasteiger partial charge in [-0.1, -0.05) is 30.7 Å². The molecule has 0 aliphatic carbocycles. The topological polar surface area (TPSA) is 58.4 Å². The van der Waals surface area contributed by atoms with Gasteiger partial charge in [-0.25, -0.2) is 4.52 Å². The van der Waals surface area contributed by atoms with Crippen molar-refractivity contribution in [2.24, 2.45) is 0 Å². The first kappa shape index (κ1) is 18.3. The van der Waals surface area contributed by atoms with Gasteiger partial charge in [-0.15, -0.1) is 0 Å². The molecule has 5 nitrogen and oxygen atoms in total. The lowest BCUT2D eigenvalue weighted by Crippen LogP contribution is -2.27. The van der Waals surface area contributed by atoms with Gasteiger partial charge in [-0.05, 0) is 50.1 Å². The van der Waals surface area contributed by atoms with E-state index in [4.69, 9.17) is 11.6 Å². The fourth-order valence-electron chi connectivity index (χ4n) is 3.01. The van der Waals surface area contributed by atoms with Crippen LogP contribution in [-0.2, 0) is 6.42 Å². The number of fused-ring (bicyclic) bond motifs is 1. The fraction of sp³-hybridized carbons (Fsp3) is 0.300. The molecule has 1 amide bonds. The molecule has 1 unspecified atom stereocenters. The van der Waals surface area contributed by atoms with Crippen molar-refractivity contribution in [2.75, 3.05) is 11.9 Å². The Bertz CT molecular complexity index is 917. The molecule has 0 aliphatic rings. The van der Waals surface area contributed by atoms with Gasteiger partial charge >= 0.3 is 0 Å². The van der Waals surface area contributed by atoms with Crippen LogP contribution in [0.15, 0.2) is 42.6 Å². The molecular formula is C20H23ClN4O. The fourth-order valence-corrected chi connectivity index (χ4v) is 3.17. The molecule has 3 aromatic rings. The van der Waals surface area contributed by atoms with Gasteiger partial charge in [0.1, 0.15) is 0 Å². The van der Waals surface area contributed by atoms with E-state index in [2.05, 4.69) is 22.7 Å². The minimum atomic E-state index is -0.137. The quantitative estimate of drug-likeness (QED) is 0.672. The number of pyridine rings is 1. The second kappa shape index (κ2) is 7.79. The number of carbonyl (C=O) groups is 1. The highest BCUT2D eigenvalue weighted by atomic mass is 35.5. The molecule has 1 atom stereocenters. The Morgan fingerprint density at radius 3 is 2.62 bits per heavy atom. The third-order valence-electron chi connectivity index (χ3n) is 4.37. The predicted octanol–water partition coefficient (Wildman–Crippen LogP) is 4.47. The zero-order chi connectivity index (χ0) is 18.7. The Morgan fingerprint density at radius 2 is 1.96 bits per heavy atom. The van der Waals surface area contributed by atoms with Crippen molar-refractivity contribution in [3.63, 3.8) is 0 Å². The first-order chi connectivity index (χ1) is 12.5. The maximum atomic E-state index is 12.9. The summed E-state index contributed by atoms with van der Waals surface area (Å²) in [6.07, 6.45) is 2.45. The van der Waals surface area contributed by atoms with Crippen LogP contribution in [0.1, 0.15) is 48.4 Å². The molecule has 3 rings (SSSR count). The summed E-state index contributed by atoms with van der Waals surface area (Å²) in [5.41, 5.74) is 4.19. The molecule has 6 heteroatoms. The van der Waals surface area contributed by atoms with Gasteiger partial charge in [-0.3, -0.25) is 4.79 Å². The van der Waals surface area contributed by atoms with Crippen LogP contribution >= 0.6 is 11.6 Å². The van der Waals surface area contributed by atoms with Gasteiger partial charge in [0.05, 0.1) is 22.8 Å². The molecule has 0 radical (unpaired) electrons. The molecule has 2 heterocycles. The van der Waals surface area contributed by atoms with Crippen molar-refractivity contribution in [3.8, 4) is 0 Å². The zero-order valence-electron chi connectivity index (χ0n) is 15.2. The summed E-state index contributed by atoms with van der Waals surface area (Å²) in [6, 6.07) is 11.5. The number of hydrogen-bond donors (Lipinski definition) is 2. The Kier molecular flexibility index (Phi) is 5.47. The van der Waals surface area contributed by atoms with Crippen LogP contribution < -0.4 is 10.6 Å². The van der Waals surface area contributed by atoms with Gasteiger partial charge in [0.25, 0.3) is 5.91 Å². The summed E-state index contributed by atoms with van der Waals surface area (Å²) in [4.78, 5) is 12.9. The molecule has 0 fully saturated rings. The number of halogens is 1. The third kappa shape index (κ3) is 3.68. The number of aromatic nitrogens is 2. The summed E-state index contributed by atoms with van der Waals surface area (Å²) in [6.45, 7) is 6.90. The monoisotopic (exact) mass is 370 g/mol. The molecule has 2 N–H and O–H groups in total. The molecule has 2 aromatic heterocycles. The van der Waals surface area contributed by atoms with Gasteiger partial charge in [0.15, 0.2) is 0 Å². The van der Waals surface area contributed by atoms with Crippen molar-refractivity contribution in [3.05, 3.63) is 64.4 Å². The van der Waals surface area contributed by atoms with E-state index in [1.54, 1.807) is 22.8 Å². The molecule has 0 bridgehead atoms. The first-order valence-corrected chi connectivity index (χ1v) is 9.22. The first-order valence-electron chi connectivity index (χ1n) is 8.85. The normalized spacial score (nSPS) is 12.2. The van der Waals surface area contributed by atoms with Crippen LogP contribution in [0.25, 0.3) is 5.52 Å². The number of hydrogen-bond acceptors (Lipinski definition) is 3. The van der Waals surface area contributed by atoms with Crippen LogP contribution in [0.4, 0.5) is 5.69 Å². The summed E-state index contributed by atoms with van der Waals surface area (Å²) in [7, 11) is 0. The highest BCUT2D eigenvalue weighted by Crippen LogP contribution is 2.22. The maximum Gasteiger partial charge on any atom is 0.255 e. The number of rotatable bonds is 6. The van der Waals surface area contributed by atoms with Gasteiger partial charge in [0, 0.05) is 23.5 Å². The van der Waals surface area contributed by atoms with Crippen molar-refractivity contribution in [1.29, 1.82) is 0 Å². The van der Waals surface area contributed by atoms with Crippen LogP contribution in [0.3, 0.4) is 0 Å². The lowest BCUT2D eigenvalue weighted by molar-refractivity contribution is 0.0940. The summed E-state index contributed by atoms with van der Waals surface area (Å²) in [5.74, 6) is -0.137. The average Bonchev–Trinajstić information content (AvgIpc) is 3.00. The molecule has 26 heavy (non-hydrogen) atoms. The molecule has 1 aromatic carbocycles. The molecular weight excluding hydrogens is 348 g/mol. The average molecular weight is 371 g/mol. The Hall–Kier alpha value is -2.53. The third-order valence-corrected chi connectivity index (χ3v) is 4.61. The molecule has 0 spiro atoms. The number of carbonyl (C=O) groups excluding carboxylic acids is 1. The lowest BCUT2D eigenvalue weighted by Gasteiger charge is -2.15. The second-order valence-electron chi connectivity index (χ2n) is 6.20. The minimum absolute atomic E-state index is 0.114. The van der Waals surface area contributed by atoms with Gasteiger partial charge < -0.3 is 10.6 Å². The molecule has 136 valence electrons. The largest absolute Gasteiger partial charge is 0.385 e. The Labute approximate surface area is 158 Å². The molecule has 0 saturated carbocycles. The van der Waals surface area contributed by atoms with Gasteiger partial charge in [-0.2, -0.15) is 5.10 Å². The zero-order valence-corrected chi connectivity index (χ0v) is 16.0. The van der Waals surface area contributed by atoms with Crippen molar-refractivity contribution >= 4 is 28.7 Å². The predicted molar refractivity (Wildman–Crippen MR) is 106 cm³/mol. The van der Waals surface area contributed by atoms with Crippen LogP contribution in [-0.4, -0.2) is 22.1 Å². The number of amides is 1. The van der Waals surface area contributed by atoms with E-state index in [9.17, 15) is 4.79 Å². The summed E-state index contributed by atoms with van der Waals surface area (Å²) < 4.78 is 1.70. The van der Waals surface area contributed by atoms with Crippen molar-refractivity contribution in [2.45, 2.75) is 33.2 Å². The molecule has 0 saturated heterocycles. The summed E-state index contributed by atoms with van der Waals surface area (Å²) >= 11 is 6.11. The Balaban J connectivity index is 1.85. The van der Waals surface area contributed by atoms with E-state index < -0.39 is 0 Å². The standard InChI is InChI=1S/C20H23ClN4O/c1-4-17-19(18-12-15(21)10-11-25(18)24-17)20(26)23-13(3)14-6-8-16(9-7-14)22-5-2/h6-13,22H,4-5H2,1-3H3,(H,23,26). The van der Waals surface area contributed by atoms with Crippen LogP contribution in [0.2, 0.25) is 5.02 Å². The van der Waals surface area contributed by atoms with E-state index in [0.717, 1.165) is 29.0 Å². The van der Waals surface area contributed by atoms with Crippen LogP contribution in [0, 0.1) is 0 Å². The number of aryl methyl sites for hydroxylation is 1. The SMILES string of the molecule is CCNc1ccc(C(C)NC(=O)c2c(CC)nn3ccc(Cl)cc23)cc1. The number of anilines is 1. The maximum absolute atomic E-state index is 12.9. The number of nitrogens with one attached hydrogen (secondary N) is 2.